The predicted octanol–water partition coefficient (Wildman–Crippen LogP) is 5.53. The molecule has 1 heterocycles. The lowest BCUT2D eigenvalue weighted by atomic mass is 10.0. The molecule has 1 aromatic heterocycles. The molecule has 3 aromatic carbocycles. The number of hydrogen-bond donors (Lipinski definition) is 1. The number of carbonyl (C=O) groups is 1. The fraction of sp³-hybridized carbons (Fsp3) is 0.120. The molecule has 0 spiro atoms. The Morgan fingerprint density at radius 1 is 0.897 bits per heavy atom. The van der Waals surface area contributed by atoms with Gasteiger partial charge in [0.1, 0.15) is 0 Å². The van der Waals surface area contributed by atoms with Crippen LogP contribution >= 0.6 is 0 Å². The summed E-state index contributed by atoms with van der Waals surface area (Å²) in [6.07, 6.45) is 0. The molecule has 29 heavy (non-hydrogen) atoms. The summed E-state index contributed by atoms with van der Waals surface area (Å²) in [6.45, 7) is 2.05. The van der Waals surface area contributed by atoms with Crippen molar-refractivity contribution in [2.45, 2.75) is 6.92 Å². The zero-order chi connectivity index (χ0) is 20.4. The minimum atomic E-state index is -0.144. The average Bonchev–Trinajstić information content (AvgIpc) is 2.74. The molecule has 0 bridgehead atoms. The van der Waals surface area contributed by atoms with E-state index in [9.17, 15) is 4.79 Å². The van der Waals surface area contributed by atoms with Crippen LogP contribution < -0.4 is 10.2 Å². The Labute approximate surface area is 170 Å². The molecule has 4 aromatic rings. The van der Waals surface area contributed by atoms with Crippen LogP contribution in [0.25, 0.3) is 22.2 Å². The first-order valence-electron chi connectivity index (χ1n) is 9.57. The molecule has 0 fully saturated rings. The zero-order valence-corrected chi connectivity index (χ0v) is 16.8. The molecule has 0 aliphatic carbocycles. The number of amides is 1. The SMILES string of the molecule is Cc1ccc(-c2cc(C(=O)Nc3ccc(N(C)C)cc3)c3ccccc3n2)cc1. The van der Waals surface area contributed by atoms with Gasteiger partial charge in [0.2, 0.25) is 0 Å². The summed E-state index contributed by atoms with van der Waals surface area (Å²) >= 11 is 0. The van der Waals surface area contributed by atoms with Gasteiger partial charge in [-0.3, -0.25) is 4.79 Å². The Kier molecular flexibility index (Phi) is 5.00. The predicted molar refractivity (Wildman–Crippen MR) is 121 cm³/mol. The Hall–Kier alpha value is -3.66. The van der Waals surface area contributed by atoms with Crippen LogP contribution in [0.4, 0.5) is 11.4 Å². The highest BCUT2D eigenvalue weighted by Gasteiger charge is 2.14. The lowest BCUT2D eigenvalue weighted by Crippen LogP contribution is -2.13. The van der Waals surface area contributed by atoms with E-state index in [2.05, 4.69) is 24.4 Å². The molecule has 144 valence electrons. The van der Waals surface area contributed by atoms with Crippen molar-refractivity contribution in [2.75, 3.05) is 24.3 Å². The molecule has 0 saturated carbocycles. The van der Waals surface area contributed by atoms with Gasteiger partial charge in [-0.05, 0) is 43.3 Å². The highest BCUT2D eigenvalue weighted by Crippen LogP contribution is 2.26. The molecule has 1 amide bonds. The molecule has 0 radical (unpaired) electrons. The largest absolute Gasteiger partial charge is 0.378 e. The second-order valence-electron chi connectivity index (χ2n) is 7.33. The minimum Gasteiger partial charge on any atom is -0.378 e. The van der Waals surface area contributed by atoms with Gasteiger partial charge in [0.25, 0.3) is 5.91 Å². The highest BCUT2D eigenvalue weighted by atomic mass is 16.1. The molecular formula is C25H23N3O. The number of nitrogens with one attached hydrogen (secondary N) is 1. The van der Waals surface area contributed by atoms with Crippen molar-refractivity contribution in [1.29, 1.82) is 0 Å². The fourth-order valence-corrected chi connectivity index (χ4v) is 3.28. The van der Waals surface area contributed by atoms with Crippen molar-refractivity contribution in [3.05, 3.63) is 90.0 Å². The average molecular weight is 381 g/mol. The number of nitrogens with zero attached hydrogens (tertiary/aromatic N) is 2. The van der Waals surface area contributed by atoms with E-state index in [1.807, 2.05) is 85.7 Å². The number of carbonyl (C=O) groups excluding carboxylic acids is 1. The van der Waals surface area contributed by atoms with Crippen molar-refractivity contribution >= 4 is 28.2 Å². The van der Waals surface area contributed by atoms with Crippen molar-refractivity contribution in [1.82, 2.24) is 4.98 Å². The monoisotopic (exact) mass is 381 g/mol. The van der Waals surface area contributed by atoms with Crippen molar-refractivity contribution in [2.24, 2.45) is 0 Å². The Morgan fingerprint density at radius 3 is 2.28 bits per heavy atom. The highest BCUT2D eigenvalue weighted by molar-refractivity contribution is 6.13. The zero-order valence-electron chi connectivity index (χ0n) is 16.8. The molecule has 4 heteroatoms. The summed E-state index contributed by atoms with van der Waals surface area (Å²) in [5.74, 6) is -0.144. The van der Waals surface area contributed by atoms with Gasteiger partial charge in [-0.25, -0.2) is 4.98 Å². The van der Waals surface area contributed by atoms with Crippen LogP contribution in [0.1, 0.15) is 15.9 Å². The van der Waals surface area contributed by atoms with Gasteiger partial charge in [-0.1, -0.05) is 48.0 Å². The van der Waals surface area contributed by atoms with Gasteiger partial charge in [0, 0.05) is 36.4 Å². The van der Waals surface area contributed by atoms with Crippen LogP contribution in [-0.2, 0) is 0 Å². The van der Waals surface area contributed by atoms with Crippen molar-refractivity contribution in [3.8, 4) is 11.3 Å². The molecule has 1 N–H and O–H groups in total. The van der Waals surface area contributed by atoms with E-state index < -0.39 is 0 Å². The maximum atomic E-state index is 13.1. The second-order valence-corrected chi connectivity index (χ2v) is 7.33. The maximum absolute atomic E-state index is 13.1. The molecule has 0 atom stereocenters. The molecule has 0 aliphatic heterocycles. The van der Waals surface area contributed by atoms with E-state index in [4.69, 9.17) is 4.98 Å². The number of benzene rings is 3. The number of rotatable bonds is 4. The number of fused-ring (bicyclic) bond motifs is 1. The van der Waals surface area contributed by atoms with Crippen LogP contribution in [0.15, 0.2) is 78.9 Å². The summed E-state index contributed by atoms with van der Waals surface area (Å²) in [6, 6.07) is 25.6. The van der Waals surface area contributed by atoms with E-state index in [0.29, 0.717) is 5.56 Å². The number of para-hydroxylation sites is 1. The fourth-order valence-electron chi connectivity index (χ4n) is 3.28. The third-order valence-electron chi connectivity index (χ3n) is 4.95. The third kappa shape index (κ3) is 3.97. The molecule has 0 aliphatic rings. The van der Waals surface area contributed by atoms with E-state index in [1.54, 1.807) is 0 Å². The van der Waals surface area contributed by atoms with E-state index in [0.717, 1.165) is 33.5 Å². The Morgan fingerprint density at radius 2 is 1.59 bits per heavy atom. The molecule has 4 nitrogen and oxygen atoms in total. The quantitative estimate of drug-likeness (QED) is 0.506. The molecule has 0 unspecified atom stereocenters. The summed E-state index contributed by atoms with van der Waals surface area (Å²) < 4.78 is 0. The molecule has 4 rings (SSSR count). The summed E-state index contributed by atoms with van der Waals surface area (Å²) in [5, 5.41) is 3.86. The van der Waals surface area contributed by atoms with Gasteiger partial charge in [0.05, 0.1) is 16.8 Å². The Bertz CT molecular complexity index is 1160. The van der Waals surface area contributed by atoms with E-state index >= 15 is 0 Å². The summed E-state index contributed by atoms with van der Waals surface area (Å²) in [5.41, 5.74) is 6.23. The van der Waals surface area contributed by atoms with Gasteiger partial charge in [0.15, 0.2) is 0 Å². The number of aromatic nitrogens is 1. The number of hydrogen-bond acceptors (Lipinski definition) is 3. The van der Waals surface area contributed by atoms with Gasteiger partial charge < -0.3 is 10.2 Å². The first-order valence-corrected chi connectivity index (χ1v) is 9.57. The standard InChI is InChI=1S/C25H23N3O/c1-17-8-10-18(11-9-17)24-16-22(21-6-4-5-7-23(21)27-24)25(29)26-19-12-14-20(15-13-19)28(2)3/h4-16H,1-3H3,(H,26,29). The van der Waals surface area contributed by atoms with Crippen LogP contribution in [-0.4, -0.2) is 25.0 Å². The van der Waals surface area contributed by atoms with E-state index in [-0.39, 0.29) is 5.91 Å². The topological polar surface area (TPSA) is 45.2 Å². The minimum absolute atomic E-state index is 0.144. The van der Waals surface area contributed by atoms with Gasteiger partial charge in [-0.2, -0.15) is 0 Å². The van der Waals surface area contributed by atoms with E-state index in [1.165, 1.54) is 5.56 Å². The van der Waals surface area contributed by atoms with Crippen LogP contribution in [0.5, 0.6) is 0 Å². The van der Waals surface area contributed by atoms with Crippen LogP contribution in [0.3, 0.4) is 0 Å². The van der Waals surface area contributed by atoms with Gasteiger partial charge in [-0.15, -0.1) is 0 Å². The third-order valence-corrected chi connectivity index (χ3v) is 4.95. The normalized spacial score (nSPS) is 10.7. The molecule has 0 saturated heterocycles. The number of aryl methyl sites for hydroxylation is 1. The second kappa shape index (κ2) is 7.76. The lowest BCUT2D eigenvalue weighted by molar-refractivity contribution is 0.102. The lowest BCUT2D eigenvalue weighted by Gasteiger charge is -2.14. The van der Waals surface area contributed by atoms with Crippen LogP contribution in [0.2, 0.25) is 0 Å². The molecular weight excluding hydrogens is 358 g/mol. The first kappa shape index (κ1) is 18.7. The first-order chi connectivity index (χ1) is 14.0. The number of pyridine rings is 1. The van der Waals surface area contributed by atoms with Gasteiger partial charge >= 0.3 is 0 Å². The van der Waals surface area contributed by atoms with Crippen LogP contribution in [0, 0.1) is 6.92 Å². The summed E-state index contributed by atoms with van der Waals surface area (Å²) in [7, 11) is 3.98. The Balaban J connectivity index is 1.73. The number of anilines is 2. The maximum Gasteiger partial charge on any atom is 0.256 e. The van der Waals surface area contributed by atoms with Crippen molar-refractivity contribution < 1.29 is 4.79 Å². The smallest absolute Gasteiger partial charge is 0.256 e. The summed E-state index contributed by atoms with van der Waals surface area (Å²) in [4.78, 5) is 19.9. The van der Waals surface area contributed by atoms with Crippen molar-refractivity contribution in [3.63, 3.8) is 0 Å².